The minimum absolute atomic E-state index is 0.0424. The van der Waals surface area contributed by atoms with Crippen LogP contribution in [-0.2, 0) is 47.9 Å². The summed E-state index contributed by atoms with van der Waals surface area (Å²) in [6, 6.07) is -9.65. The van der Waals surface area contributed by atoms with Gasteiger partial charge in [0.05, 0.1) is 18.9 Å². The van der Waals surface area contributed by atoms with Gasteiger partial charge >= 0.3 is 17.9 Å². The number of aliphatic hydroxyl groups excluding tert-OH is 1. The van der Waals surface area contributed by atoms with Gasteiger partial charge in [-0.15, -0.1) is 0 Å². The second-order valence-electron chi connectivity index (χ2n) is 22.3. The monoisotopic (exact) mass is 1050 g/mol. The van der Waals surface area contributed by atoms with Crippen LogP contribution >= 0.6 is 0 Å². The summed E-state index contributed by atoms with van der Waals surface area (Å²) in [5.41, 5.74) is 0. The Balaban J connectivity index is 6.22. The van der Waals surface area contributed by atoms with Gasteiger partial charge in [0, 0.05) is 6.42 Å². The van der Waals surface area contributed by atoms with Crippen LogP contribution in [0.2, 0.25) is 0 Å². The number of aliphatic hydroxyl groups is 1. The van der Waals surface area contributed by atoms with E-state index in [1.54, 1.807) is 69.2 Å². The largest absolute Gasteiger partial charge is 0.481 e. The Labute approximate surface area is 439 Å². The zero-order chi connectivity index (χ0) is 56.8. The van der Waals surface area contributed by atoms with Crippen molar-refractivity contribution < 1.29 is 68.4 Å². The van der Waals surface area contributed by atoms with Crippen molar-refractivity contribution in [3.05, 3.63) is 0 Å². The van der Waals surface area contributed by atoms with Gasteiger partial charge in [-0.1, -0.05) is 134 Å². The number of aliphatic carboxylic acids is 3. The summed E-state index contributed by atoms with van der Waals surface area (Å²) < 4.78 is 0. The number of carboxylic acids is 3. The maximum Gasteiger partial charge on any atom is 0.326 e. The first-order valence-corrected chi connectivity index (χ1v) is 26.9. The molecule has 0 aliphatic carbocycles. The summed E-state index contributed by atoms with van der Waals surface area (Å²) >= 11 is 0. The maximum atomic E-state index is 14.1. The SMILES string of the molecule is CC(C)CCCCCCCCCC(O)CC(=O)NC(CCC(=O)O)C(=O)NC(CC(C)C)C(=O)NC(CC(C)C)C(=O)NC(C(=O)NC(CC(=O)O)C(=O)NC(CC(C)C)C(=O)NC(CC(C)C)C(=O)O)C(C)C. The van der Waals surface area contributed by atoms with Crippen molar-refractivity contribution >= 4 is 59.3 Å². The van der Waals surface area contributed by atoms with Crippen LogP contribution in [0.25, 0.3) is 0 Å². The molecule has 426 valence electrons. The van der Waals surface area contributed by atoms with Crippen molar-refractivity contribution in [1.82, 2.24) is 37.2 Å². The third-order valence-electron chi connectivity index (χ3n) is 12.1. The molecule has 8 unspecified atom stereocenters. The van der Waals surface area contributed by atoms with Crippen LogP contribution in [0.4, 0.5) is 0 Å². The number of carboxylic acid groups (broad SMARTS) is 3. The zero-order valence-corrected chi connectivity index (χ0v) is 46.5. The molecule has 0 aromatic carbocycles. The Morgan fingerprint density at radius 3 is 1.11 bits per heavy atom. The fourth-order valence-electron chi connectivity index (χ4n) is 8.25. The highest BCUT2D eigenvalue weighted by atomic mass is 16.4. The minimum atomic E-state index is -1.75. The molecule has 0 bridgehead atoms. The molecule has 0 heterocycles. The Kier molecular flexibility index (Phi) is 33.9. The highest BCUT2D eigenvalue weighted by Gasteiger charge is 2.36. The number of carbonyl (C=O) groups excluding carboxylic acids is 7. The molecule has 0 aliphatic rings. The minimum Gasteiger partial charge on any atom is -0.481 e. The third-order valence-corrected chi connectivity index (χ3v) is 12.1. The first kappa shape index (κ1) is 68.7. The van der Waals surface area contributed by atoms with E-state index in [1.807, 2.05) is 0 Å². The molecule has 11 N–H and O–H groups in total. The predicted molar refractivity (Wildman–Crippen MR) is 280 cm³/mol. The average Bonchev–Trinajstić information content (AvgIpc) is 3.26. The number of hydrogen-bond acceptors (Lipinski definition) is 11. The molecule has 0 saturated carbocycles. The lowest BCUT2D eigenvalue weighted by molar-refractivity contribution is -0.143. The first-order chi connectivity index (χ1) is 34.4. The molecule has 21 heteroatoms. The molecule has 0 aromatic rings. The Morgan fingerprint density at radius 1 is 0.351 bits per heavy atom. The van der Waals surface area contributed by atoms with E-state index in [2.05, 4.69) is 51.1 Å². The molecular weight excluding hydrogens is 959 g/mol. The van der Waals surface area contributed by atoms with E-state index in [0.717, 1.165) is 25.7 Å². The second kappa shape index (κ2) is 36.6. The van der Waals surface area contributed by atoms with Crippen molar-refractivity contribution in [3.8, 4) is 0 Å². The quantitative estimate of drug-likeness (QED) is 0.0375. The van der Waals surface area contributed by atoms with E-state index in [0.29, 0.717) is 18.8 Å². The second-order valence-corrected chi connectivity index (χ2v) is 22.3. The summed E-state index contributed by atoms with van der Waals surface area (Å²) in [5.74, 6) is -10.6. The molecule has 74 heavy (non-hydrogen) atoms. The molecule has 0 fully saturated rings. The number of amides is 7. The topological polar surface area (TPSA) is 336 Å². The van der Waals surface area contributed by atoms with Gasteiger partial charge in [0.15, 0.2) is 0 Å². The number of unbranched alkanes of at least 4 members (excludes halogenated alkanes) is 6. The van der Waals surface area contributed by atoms with E-state index < -0.39 is 126 Å². The van der Waals surface area contributed by atoms with Gasteiger partial charge in [0.1, 0.15) is 42.3 Å². The predicted octanol–water partition coefficient (Wildman–Crippen LogP) is 4.56. The Morgan fingerprint density at radius 2 is 0.716 bits per heavy atom. The standard InChI is InChI=1S/C53H95N7O14/c1-30(2)20-18-16-14-13-15-17-19-21-36(61)28-43(62)54-37(22-23-44(63)64)47(67)55-38(24-31(3)4)48(68)57-40(26-33(7)8)51(71)60-46(35(11)12)52(72)58-41(29-45(65)66)50(70)56-39(25-32(5)6)49(69)59-42(53(73)74)27-34(9)10/h30-42,46,61H,13-29H2,1-12H3,(H,54,62)(H,55,67)(H,56,70)(H,57,68)(H,58,72)(H,59,69)(H,60,71)(H,63,64)(H,65,66)(H,73,74). The van der Waals surface area contributed by atoms with Crippen LogP contribution in [0, 0.1) is 35.5 Å². The number of nitrogens with one attached hydrogen (secondary N) is 7. The summed E-state index contributed by atoms with van der Waals surface area (Å²) in [7, 11) is 0. The van der Waals surface area contributed by atoms with Crippen molar-refractivity contribution in [2.75, 3.05) is 0 Å². The van der Waals surface area contributed by atoms with Crippen LogP contribution in [0.5, 0.6) is 0 Å². The van der Waals surface area contributed by atoms with Crippen LogP contribution in [0.3, 0.4) is 0 Å². The summed E-state index contributed by atoms with van der Waals surface area (Å²) in [6.07, 6.45) is 6.09. The molecule has 7 amide bonds. The lowest BCUT2D eigenvalue weighted by atomic mass is 9.98. The van der Waals surface area contributed by atoms with Crippen molar-refractivity contribution in [1.29, 1.82) is 0 Å². The fourth-order valence-corrected chi connectivity index (χ4v) is 8.25. The molecular formula is C53H95N7O14. The van der Waals surface area contributed by atoms with Crippen LogP contribution in [-0.4, -0.2) is 128 Å². The number of carbonyl (C=O) groups is 10. The zero-order valence-electron chi connectivity index (χ0n) is 46.5. The van der Waals surface area contributed by atoms with Gasteiger partial charge < -0.3 is 57.6 Å². The van der Waals surface area contributed by atoms with Gasteiger partial charge in [-0.05, 0) is 74.0 Å². The Hall–Kier alpha value is -5.34. The van der Waals surface area contributed by atoms with Crippen LogP contribution < -0.4 is 37.2 Å². The maximum absolute atomic E-state index is 14.1. The number of hydrogen-bond donors (Lipinski definition) is 11. The van der Waals surface area contributed by atoms with Gasteiger partial charge in [-0.2, -0.15) is 0 Å². The summed E-state index contributed by atoms with van der Waals surface area (Å²) in [4.78, 5) is 131. The average molecular weight is 1050 g/mol. The normalized spacial score (nSPS) is 14.9. The Bertz CT molecular complexity index is 1790. The molecule has 0 rings (SSSR count). The lowest BCUT2D eigenvalue weighted by Crippen LogP contribution is -2.61. The summed E-state index contributed by atoms with van der Waals surface area (Å²) in [5, 5.41) is 57.3. The van der Waals surface area contributed by atoms with Gasteiger partial charge in [0.25, 0.3) is 0 Å². The van der Waals surface area contributed by atoms with Gasteiger partial charge in [-0.25, -0.2) is 4.79 Å². The highest BCUT2D eigenvalue weighted by molar-refractivity contribution is 5.98. The van der Waals surface area contributed by atoms with Crippen LogP contribution in [0.15, 0.2) is 0 Å². The molecule has 0 aromatic heterocycles. The molecule has 0 radical (unpaired) electrons. The molecule has 8 atom stereocenters. The van der Waals surface area contributed by atoms with Gasteiger partial charge in [0.2, 0.25) is 41.4 Å². The summed E-state index contributed by atoms with van der Waals surface area (Å²) in [6.45, 7) is 21.8. The molecule has 21 nitrogen and oxygen atoms in total. The highest BCUT2D eigenvalue weighted by Crippen LogP contribution is 2.16. The van der Waals surface area contributed by atoms with E-state index in [9.17, 15) is 68.4 Å². The van der Waals surface area contributed by atoms with Gasteiger partial charge in [-0.3, -0.25) is 43.2 Å². The smallest absolute Gasteiger partial charge is 0.326 e. The van der Waals surface area contributed by atoms with Crippen molar-refractivity contribution in [2.45, 2.75) is 241 Å². The van der Waals surface area contributed by atoms with Crippen molar-refractivity contribution in [2.24, 2.45) is 35.5 Å². The molecule has 0 aliphatic heterocycles. The van der Waals surface area contributed by atoms with E-state index in [4.69, 9.17) is 0 Å². The lowest BCUT2D eigenvalue weighted by Gasteiger charge is -2.29. The third kappa shape index (κ3) is 31.4. The fraction of sp³-hybridized carbons (Fsp3) is 0.811. The van der Waals surface area contributed by atoms with E-state index >= 15 is 0 Å². The van der Waals surface area contributed by atoms with E-state index in [1.165, 1.54) is 19.3 Å². The van der Waals surface area contributed by atoms with Crippen molar-refractivity contribution in [3.63, 3.8) is 0 Å². The molecule has 0 saturated heterocycles. The molecule has 0 spiro atoms. The van der Waals surface area contributed by atoms with E-state index in [-0.39, 0.29) is 62.2 Å². The van der Waals surface area contributed by atoms with Crippen LogP contribution in [0.1, 0.15) is 192 Å². The number of rotatable bonds is 40. The first-order valence-electron chi connectivity index (χ1n) is 26.9.